The molecule has 8 heteroatoms. The van der Waals surface area contributed by atoms with Gasteiger partial charge in [-0.1, -0.05) is 18.2 Å². The molecule has 1 aliphatic heterocycles. The van der Waals surface area contributed by atoms with E-state index >= 15 is 0 Å². The number of esters is 1. The number of aliphatic hydroxyl groups excluding tert-OH is 1. The minimum Gasteiger partial charge on any atom is -0.508 e. The van der Waals surface area contributed by atoms with E-state index in [1.165, 1.54) is 40.5 Å². The number of hydrogen-bond donors (Lipinski definition) is 2. The van der Waals surface area contributed by atoms with Crippen LogP contribution in [0.2, 0.25) is 0 Å². The Labute approximate surface area is 187 Å². The topological polar surface area (TPSA) is 104 Å². The quantitative estimate of drug-likeness (QED) is 0.427. The van der Waals surface area contributed by atoms with Crippen LogP contribution in [0.5, 0.6) is 5.75 Å². The third-order valence-electron chi connectivity index (χ3n) is 5.06. The molecule has 0 radical (unpaired) electrons. The zero-order valence-corrected chi connectivity index (χ0v) is 17.8. The molecule has 0 bridgehead atoms. The van der Waals surface area contributed by atoms with E-state index in [1.807, 2.05) is 0 Å². The maximum absolute atomic E-state index is 13.2. The molecule has 3 aromatic rings. The number of ketones is 1. The molecule has 0 saturated heterocycles. The lowest BCUT2D eigenvalue weighted by Crippen LogP contribution is -2.31. The molecule has 2 heterocycles. The summed E-state index contributed by atoms with van der Waals surface area (Å²) in [7, 11) is 0. The van der Waals surface area contributed by atoms with Crippen molar-refractivity contribution < 1.29 is 29.3 Å². The minimum atomic E-state index is -0.911. The number of phenolic OH excluding ortho intramolecular Hbond substituents is 1. The molecule has 1 aliphatic rings. The molecule has 4 rings (SSSR count). The Bertz CT molecular complexity index is 1200. The lowest BCUT2D eigenvalue weighted by Gasteiger charge is -2.27. The fourth-order valence-corrected chi connectivity index (χ4v) is 4.27. The van der Waals surface area contributed by atoms with Crippen LogP contribution in [0, 0.1) is 0 Å². The van der Waals surface area contributed by atoms with Gasteiger partial charge in [-0.3, -0.25) is 14.5 Å². The number of anilines is 1. The Balaban J connectivity index is 1.79. The van der Waals surface area contributed by atoms with Crippen molar-refractivity contribution in [1.82, 2.24) is 0 Å². The highest BCUT2D eigenvalue weighted by molar-refractivity contribution is 7.12. The molecular formula is C24H19NO6S. The van der Waals surface area contributed by atoms with Crippen molar-refractivity contribution in [2.45, 2.75) is 13.0 Å². The summed E-state index contributed by atoms with van der Waals surface area (Å²) in [6.45, 7) is 1.94. The summed E-state index contributed by atoms with van der Waals surface area (Å²) in [6, 6.07) is 14.7. The number of aromatic hydroxyl groups is 1. The predicted molar refractivity (Wildman–Crippen MR) is 119 cm³/mol. The Hall–Kier alpha value is -3.91. The van der Waals surface area contributed by atoms with E-state index in [0.717, 1.165) is 0 Å². The smallest absolute Gasteiger partial charge is 0.338 e. The van der Waals surface area contributed by atoms with Crippen molar-refractivity contribution in [2.75, 3.05) is 11.5 Å². The zero-order chi connectivity index (χ0) is 22.8. The van der Waals surface area contributed by atoms with Gasteiger partial charge in [0.15, 0.2) is 5.76 Å². The molecule has 32 heavy (non-hydrogen) atoms. The van der Waals surface area contributed by atoms with Crippen molar-refractivity contribution in [3.63, 3.8) is 0 Å². The van der Waals surface area contributed by atoms with Crippen LogP contribution in [0.25, 0.3) is 0 Å². The number of carbonyl (C=O) groups excluding carboxylic acids is 3. The van der Waals surface area contributed by atoms with Gasteiger partial charge in [-0.25, -0.2) is 4.79 Å². The van der Waals surface area contributed by atoms with Crippen LogP contribution in [-0.2, 0) is 9.53 Å². The number of hydrogen-bond acceptors (Lipinski definition) is 7. The average molecular weight is 449 g/mol. The molecule has 0 aliphatic carbocycles. The number of amides is 1. The first-order valence-corrected chi connectivity index (χ1v) is 10.7. The molecule has 2 aromatic carbocycles. The summed E-state index contributed by atoms with van der Waals surface area (Å²) < 4.78 is 4.99. The largest absolute Gasteiger partial charge is 0.508 e. The van der Waals surface area contributed by atoms with E-state index in [1.54, 1.807) is 48.7 Å². The van der Waals surface area contributed by atoms with Gasteiger partial charge in [-0.2, -0.15) is 0 Å². The number of benzene rings is 2. The van der Waals surface area contributed by atoms with Crippen molar-refractivity contribution in [3.8, 4) is 5.75 Å². The average Bonchev–Trinajstić information content (AvgIpc) is 3.42. The van der Waals surface area contributed by atoms with Gasteiger partial charge >= 0.3 is 5.97 Å². The summed E-state index contributed by atoms with van der Waals surface area (Å²) >= 11 is 1.21. The van der Waals surface area contributed by atoms with Crippen LogP contribution in [0.15, 0.2) is 77.4 Å². The number of carbonyl (C=O) groups is 3. The van der Waals surface area contributed by atoms with Gasteiger partial charge in [0.05, 0.1) is 28.7 Å². The molecule has 1 aromatic heterocycles. The van der Waals surface area contributed by atoms with Crippen LogP contribution in [0.4, 0.5) is 5.69 Å². The van der Waals surface area contributed by atoms with Crippen LogP contribution in [0.3, 0.4) is 0 Å². The predicted octanol–water partition coefficient (Wildman–Crippen LogP) is 4.41. The first-order valence-electron chi connectivity index (χ1n) is 9.83. The number of phenols is 1. The molecule has 0 spiro atoms. The summed E-state index contributed by atoms with van der Waals surface area (Å²) in [5, 5.41) is 22.1. The maximum atomic E-state index is 13.2. The van der Waals surface area contributed by atoms with Gasteiger partial charge in [-0.15, -0.1) is 11.3 Å². The molecule has 1 unspecified atom stereocenters. The van der Waals surface area contributed by atoms with E-state index in [9.17, 15) is 24.6 Å². The number of thiophene rings is 1. The molecule has 1 atom stereocenters. The molecule has 0 fully saturated rings. The lowest BCUT2D eigenvalue weighted by atomic mass is 9.95. The number of aliphatic hydroxyl groups is 1. The van der Waals surface area contributed by atoms with E-state index < -0.39 is 29.5 Å². The highest BCUT2D eigenvalue weighted by Crippen LogP contribution is 2.42. The normalized spacial score (nSPS) is 15.8. The van der Waals surface area contributed by atoms with Crippen molar-refractivity contribution in [2.24, 2.45) is 0 Å². The highest BCUT2D eigenvalue weighted by atomic mass is 32.1. The Morgan fingerprint density at radius 1 is 1.03 bits per heavy atom. The van der Waals surface area contributed by atoms with Gasteiger partial charge in [0.1, 0.15) is 5.75 Å². The number of ether oxygens (including phenoxy) is 1. The van der Waals surface area contributed by atoms with Crippen LogP contribution in [0.1, 0.15) is 38.6 Å². The maximum Gasteiger partial charge on any atom is 0.338 e. The fraction of sp³-hybridized carbons (Fsp3) is 0.125. The first-order chi connectivity index (χ1) is 15.4. The summed E-state index contributed by atoms with van der Waals surface area (Å²) in [6.07, 6.45) is 0. The van der Waals surface area contributed by atoms with Crippen molar-refractivity contribution >= 4 is 34.7 Å². The lowest BCUT2D eigenvalue weighted by molar-refractivity contribution is -0.117. The van der Waals surface area contributed by atoms with Crippen LogP contribution in [-0.4, -0.2) is 34.5 Å². The standard InChI is InChI=1S/C24H19NO6S/c1-2-31-24(30)15-5-9-16(10-6-15)25-20(14-7-11-17(26)12-8-14)19(22(28)23(25)29)21(27)18-4-3-13-32-18/h3-13,20,26,28H,2H2,1H3. The van der Waals surface area contributed by atoms with Crippen LogP contribution >= 0.6 is 11.3 Å². The zero-order valence-electron chi connectivity index (χ0n) is 17.0. The van der Waals surface area contributed by atoms with Crippen molar-refractivity contribution in [1.29, 1.82) is 0 Å². The molecule has 7 nitrogen and oxygen atoms in total. The van der Waals surface area contributed by atoms with E-state index in [-0.39, 0.29) is 17.9 Å². The second-order valence-electron chi connectivity index (χ2n) is 7.01. The third kappa shape index (κ3) is 3.76. The monoisotopic (exact) mass is 449 g/mol. The number of rotatable bonds is 6. The molecule has 2 N–H and O–H groups in total. The SMILES string of the molecule is CCOC(=O)c1ccc(N2C(=O)C(O)=C(C(=O)c3cccs3)C2c2ccc(O)cc2)cc1. The van der Waals surface area contributed by atoms with E-state index in [2.05, 4.69) is 0 Å². The van der Waals surface area contributed by atoms with Gasteiger partial charge < -0.3 is 14.9 Å². The summed E-state index contributed by atoms with van der Waals surface area (Å²) in [5.41, 5.74) is 1.20. The molecule has 162 valence electrons. The van der Waals surface area contributed by atoms with Gasteiger partial charge in [0, 0.05) is 5.69 Å². The van der Waals surface area contributed by atoms with Gasteiger partial charge in [-0.05, 0) is 60.3 Å². The third-order valence-corrected chi connectivity index (χ3v) is 5.93. The Morgan fingerprint density at radius 3 is 2.31 bits per heavy atom. The molecule has 0 saturated carbocycles. The highest BCUT2D eigenvalue weighted by Gasteiger charge is 2.44. The number of nitrogens with zero attached hydrogens (tertiary/aromatic N) is 1. The fourth-order valence-electron chi connectivity index (χ4n) is 3.59. The Morgan fingerprint density at radius 2 is 1.72 bits per heavy atom. The second kappa shape index (κ2) is 8.68. The van der Waals surface area contributed by atoms with Crippen molar-refractivity contribution in [3.05, 3.63) is 93.4 Å². The molecule has 1 amide bonds. The van der Waals surface area contributed by atoms with Gasteiger partial charge in [0.25, 0.3) is 5.91 Å². The van der Waals surface area contributed by atoms with E-state index in [0.29, 0.717) is 21.7 Å². The molecular weight excluding hydrogens is 430 g/mol. The van der Waals surface area contributed by atoms with Crippen LogP contribution < -0.4 is 4.90 Å². The summed E-state index contributed by atoms with van der Waals surface area (Å²) in [4.78, 5) is 40.0. The number of Topliss-reactive ketones (excluding diaryl/α,β-unsaturated/α-hetero) is 1. The second-order valence-corrected chi connectivity index (χ2v) is 7.95. The van der Waals surface area contributed by atoms with Gasteiger partial charge in [0.2, 0.25) is 5.78 Å². The first kappa shape index (κ1) is 21.3. The Kier molecular flexibility index (Phi) is 5.79. The summed E-state index contributed by atoms with van der Waals surface area (Å²) in [5.74, 6) is -2.27. The minimum absolute atomic E-state index is 0.0303. The van der Waals surface area contributed by atoms with E-state index in [4.69, 9.17) is 4.74 Å².